The van der Waals surface area contributed by atoms with Crippen LogP contribution in [0.1, 0.15) is 49.7 Å². The van der Waals surface area contributed by atoms with Crippen LogP contribution >= 0.6 is 0 Å². The normalized spacial score (nSPS) is 37.3. The van der Waals surface area contributed by atoms with Crippen molar-refractivity contribution in [3.63, 3.8) is 0 Å². The van der Waals surface area contributed by atoms with E-state index in [-0.39, 0.29) is 24.2 Å². The van der Waals surface area contributed by atoms with E-state index in [1.54, 1.807) is 6.07 Å². The van der Waals surface area contributed by atoms with Gasteiger partial charge in [-0.2, -0.15) is 0 Å². The molecule has 6 rings (SSSR count). The Morgan fingerprint density at radius 3 is 2.93 bits per heavy atom. The molecule has 2 saturated carbocycles. The van der Waals surface area contributed by atoms with Gasteiger partial charge in [0.05, 0.1) is 11.0 Å². The van der Waals surface area contributed by atoms with Gasteiger partial charge in [-0.05, 0) is 62.6 Å². The molecule has 1 unspecified atom stereocenters. The van der Waals surface area contributed by atoms with Crippen LogP contribution in [0.3, 0.4) is 0 Å². The monoisotopic (exact) mass is 399 g/mol. The van der Waals surface area contributed by atoms with E-state index in [9.17, 15) is 15.0 Å². The number of carbonyl (C=O) groups excluding carboxylic acids is 1. The van der Waals surface area contributed by atoms with E-state index >= 15 is 0 Å². The number of piperidine rings is 1. The summed E-state index contributed by atoms with van der Waals surface area (Å²) >= 11 is 0. The number of ketones is 1. The molecule has 2 N–H and O–H groups in total. The first-order valence-corrected chi connectivity index (χ1v) is 11.1. The summed E-state index contributed by atoms with van der Waals surface area (Å²) in [6, 6.07) is 3.94. The standard InChI is InChI=1S/C23H29NO5/c25-10-1-11-28-23-7-6-17(27)21-22(23)8-9-24(13-14-2-3-14)18(23)12-15-4-5-16(26)20(29-21)19(15)22/h4-5,14,18,21,25-26H,1-3,6-13H2/t18-,21+,22+,23?/m1/s1. The minimum atomic E-state index is -0.571. The number of benzene rings is 1. The number of nitrogens with zero attached hydrogens (tertiary/aromatic N) is 1. The summed E-state index contributed by atoms with van der Waals surface area (Å²) in [5, 5.41) is 19.9. The minimum absolute atomic E-state index is 0.0982. The SMILES string of the molecule is O=C1CCC2(OCCCO)[C@H]3Cc4ccc(O)c5c4[C@@]2(CCN3CC2CC2)[C@H]1O5. The Labute approximate surface area is 170 Å². The molecule has 1 aromatic rings. The van der Waals surface area contributed by atoms with Crippen LogP contribution in [0.4, 0.5) is 0 Å². The number of ether oxygens (including phenoxy) is 2. The minimum Gasteiger partial charge on any atom is -0.504 e. The number of phenols is 1. The number of Topliss-reactive ketones (excluding diaryl/α,β-unsaturated/α-hetero) is 1. The predicted molar refractivity (Wildman–Crippen MR) is 105 cm³/mol. The van der Waals surface area contributed by atoms with Crippen molar-refractivity contribution in [1.82, 2.24) is 4.90 Å². The number of likely N-dealkylation sites (tertiary alicyclic amines) is 1. The maximum absolute atomic E-state index is 13.1. The van der Waals surface area contributed by atoms with Crippen molar-refractivity contribution in [3.05, 3.63) is 23.3 Å². The molecule has 4 atom stereocenters. The van der Waals surface area contributed by atoms with Gasteiger partial charge in [-0.3, -0.25) is 9.69 Å². The third-order valence-corrected chi connectivity index (χ3v) is 8.18. The Morgan fingerprint density at radius 1 is 1.28 bits per heavy atom. The van der Waals surface area contributed by atoms with E-state index in [0.29, 0.717) is 31.6 Å². The second kappa shape index (κ2) is 6.19. The van der Waals surface area contributed by atoms with E-state index in [0.717, 1.165) is 37.4 Å². The zero-order valence-electron chi connectivity index (χ0n) is 16.7. The lowest BCUT2D eigenvalue weighted by atomic mass is 9.48. The van der Waals surface area contributed by atoms with Gasteiger partial charge in [0.15, 0.2) is 23.4 Å². The van der Waals surface area contributed by atoms with Crippen LogP contribution in [-0.2, 0) is 21.4 Å². The first-order chi connectivity index (χ1) is 14.1. The Kier molecular flexibility index (Phi) is 3.88. The van der Waals surface area contributed by atoms with Crippen molar-refractivity contribution in [2.24, 2.45) is 5.92 Å². The van der Waals surface area contributed by atoms with Crippen molar-refractivity contribution >= 4 is 5.78 Å². The molecular formula is C23H29NO5. The van der Waals surface area contributed by atoms with Crippen LogP contribution < -0.4 is 4.74 Å². The van der Waals surface area contributed by atoms with Gasteiger partial charge in [0.2, 0.25) is 0 Å². The van der Waals surface area contributed by atoms with Crippen LogP contribution in [0, 0.1) is 5.92 Å². The van der Waals surface area contributed by atoms with Crippen LogP contribution in [-0.4, -0.2) is 64.9 Å². The van der Waals surface area contributed by atoms with Crippen LogP contribution in [0.25, 0.3) is 0 Å². The summed E-state index contributed by atoms with van der Waals surface area (Å²) in [6.07, 6.45) is 5.46. The second-order valence-electron chi connectivity index (χ2n) is 9.61. The summed E-state index contributed by atoms with van der Waals surface area (Å²) < 4.78 is 13.0. The van der Waals surface area contributed by atoms with Gasteiger partial charge in [-0.15, -0.1) is 0 Å². The molecule has 6 heteroatoms. The summed E-state index contributed by atoms with van der Waals surface area (Å²) in [5.74, 6) is 1.55. The van der Waals surface area contributed by atoms with Crippen molar-refractivity contribution in [1.29, 1.82) is 0 Å². The predicted octanol–water partition coefficient (Wildman–Crippen LogP) is 1.93. The van der Waals surface area contributed by atoms with Crippen molar-refractivity contribution in [3.8, 4) is 11.5 Å². The van der Waals surface area contributed by atoms with E-state index < -0.39 is 17.1 Å². The van der Waals surface area contributed by atoms with Gasteiger partial charge in [0.25, 0.3) is 0 Å². The summed E-state index contributed by atoms with van der Waals surface area (Å²) in [6.45, 7) is 2.62. The van der Waals surface area contributed by atoms with Crippen LogP contribution in [0.15, 0.2) is 12.1 Å². The molecule has 0 aromatic heterocycles. The molecule has 3 fully saturated rings. The summed E-state index contributed by atoms with van der Waals surface area (Å²) in [4.78, 5) is 15.7. The molecule has 6 nitrogen and oxygen atoms in total. The van der Waals surface area contributed by atoms with E-state index in [4.69, 9.17) is 9.47 Å². The van der Waals surface area contributed by atoms with Crippen LogP contribution in [0.2, 0.25) is 0 Å². The van der Waals surface area contributed by atoms with Crippen molar-refractivity contribution < 1.29 is 24.5 Å². The van der Waals surface area contributed by atoms with Crippen LogP contribution in [0.5, 0.6) is 11.5 Å². The third kappa shape index (κ3) is 2.25. The van der Waals surface area contributed by atoms with Gasteiger partial charge in [-0.25, -0.2) is 0 Å². The topological polar surface area (TPSA) is 79.2 Å². The highest BCUT2D eigenvalue weighted by atomic mass is 16.5. The average molecular weight is 399 g/mol. The molecule has 1 aromatic carbocycles. The van der Waals surface area contributed by atoms with Gasteiger partial charge < -0.3 is 19.7 Å². The number of aliphatic hydroxyl groups excluding tert-OH is 1. The Balaban J connectivity index is 1.54. The number of rotatable bonds is 6. The lowest BCUT2D eigenvalue weighted by molar-refractivity contribution is -0.214. The van der Waals surface area contributed by atoms with E-state index in [1.165, 1.54) is 18.4 Å². The second-order valence-corrected chi connectivity index (χ2v) is 9.61. The maximum Gasteiger partial charge on any atom is 0.174 e. The zero-order valence-corrected chi connectivity index (χ0v) is 16.7. The fraction of sp³-hybridized carbons (Fsp3) is 0.696. The van der Waals surface area contributed by atoms with E-state index in [1.807, 2.05) is 6.07 Å². The summed E-state index contributed by atoms with van der Waals surface area (Å²) in [7, 11) is 0. The number of phenolic OH excluding ortho intramolecular Hbond substituents is 1. The number of aliphatic hydroxyl groups is 1. The highest BCUT2D eigenvalue weighted by Crippen LogP contribution is 2.66. The Bertz CT molecular complexity index is 867. The largest absolute Gasteiger partial charge is 0.504 e. The molecule has 29 heavy (non-hydrogen) atoms. The average Bonchev–Trinajstić information content (AvgIpc) is 3.45. The molecule has 156 valence electrons. The van der Waals surface area contributed by atoms with E-state index in [2.05, 4.69) is 4.90 Å². The maximum atomic E-state index is 13.1. The van der Waals surface area contributed by atoms with Gasteiger partial charge in [-0.1, -0.05) is 6.07 Å². The molecule has 0 radical (unpaired) electrons. The Hall–Kier alpha value is -1.63. The fourth-order valence-corrected chi connectivity index (χ4v) is 6.85. The smallest absolute Gasteiger partial charge is 0.174 e. The molecule has 1 saturated heterocycles. The fourth-order valence-electron chi connectivity index (χ4n) is 6.85. The molecule has 1 spiro atoms. The Morgan fingerprint density at radius 2 is 2.14 bits per heavy atom. The van der Waals surface area contributed by atoms with Gasteiger partial charge >= 0.3 is 0 Å². The molecule has 2 aliphatic heterocycles. The zero-order chi connectivity index (χ0) is 19.8. The quantitative estimate of drug-likeness (QED) is 0.712. The summed E-state index contributed by atoms with van der Waals surface area (Å²) in [5.41, 5.74) is 1.20. The molecule has 0 amide bonds. The van der Waals surface area contributed by atoms with Crippen molar-refractivity contribution in [2.45, 2.75) is 68.1 Å². The lowest BCUT2D eigenvalue weighted by Gasteiger charge is -2.64. The van der Waals surface area contributed by atoms with Crippen molar-refractivity contribution in [2.75, 3.05) is 26.3 Å². The third-order valence-electron chi connectivity index (χ3n) is 8.18. The molecule has 2 bridgehead atoms. The highest BCUT2D eigenvalue weighted by Gasteiger charge is 2.74. The first-order valence-electron chi connectivity index (χ1n) is 11.1. The molecule has 3 aliphatic carbocycles. The highest BCUT2D eigenvalue weighted by molar-refractivity contribution is 5.90. The number of hydrogen-bond donors (Lipinski definition) is 2. The van der Waals surface area contributed by atoms with Gasteiger partial charge in [0.1, 0.15) is 0 Å². The number of aromatic hydroxyl groups is 1. The lowest BCUT2D eigenvalue weighted by Crippen LogP contribution is -2.77. The molecular weight excluding hydrogens is 370 g/mol. The molecule has 2 heterocycles. The first kappa shape index (κ1) is 18.2. The number of carbonyl (C=O) groups is 1. The number of hydrogen-bond acceptors (Lipinski definition) is 6. The molecule has 5 aliphatic rings. The van der Waals surface area contributed by atoms with Gasteiger partial charge in [0, 0.05) is 37.8 Å².